The van der Waals surface area contributed by atoms with Gasteiger partial charge in [0.25, 0.3) is 0 Å². The van der Waals surface area contributed by atoms with Crippen LogP contribution in [-0.4, -0.2) is 18.4 Å². The molecule has 1 heterocycles. The third-order valence-corrected chi connectivity index (χ3v) is 4.89. The van der Waals surface area contributed by atoms with E-state index in [0.29, 0.717) is 35.4 Å². The van der Waals surface area contributed by atoms with Crippen LogP contribution < -0.4 is 5.32 Å². The smallest absolute Gasteiger partial charge is 0.336 e. The van der Waals surface area contributed by atoms with Gasteiger partial charge in [0.1, 0.15) is 5.78 Å². The first kappa shape index (κ1) is 19.3. The molecule has 1 N–H and O–H groups in total. The number of ether oxygens (including phenoxy) is 1. The fourth-order valence-corrected chi connectivity index (χ4v) is 3.67. The van der Waals surface area contributed by atoms with Gasteiger partial charge in [-0.15, -0.1) is 0 Å². The van der Waals surface area contributed by atoms with E-state index in [4.69, 9.17) is 4.74 Å². The molecule has 0 amide bonds. The van der Waals surface area contributed by atoms with E-state index in [9.17, 15) is 18.4 Å². The molecule has 1 aromatic rings. The number of fused-ring (bicyclic) bond motifs is 1. The van der Waals surface area contributed by atoms with Crippen molar-refractivity contribution in [3.05, 3.63) is 58.4 Å². The summed E-state index contributed by atoms with van der Waals surface area (Å²) in [7, 11) is 0. The normalized spacial score (nSPS) is 22.3. The van der Waals surface area contributed by atoms with Crippen LogP contribution in [0, 0.1) is 23.5 Å². The topological polar surface area (TPSA) is 55.4 Å². The van der Waals surface area contributed by atoms with Crippen molar-refractivity contribution in [3.8, 4) is 0 Å². The van der Waals surface area contributed by atoms with Gasteiger partial charge >= 0.3 is 5.97 Å². The van der Waals surface area contributed by atoms with E-state index in [1.54, 1.807) is 6.92 Å². The maximum absolute atomic E-state index is 13.9. The van der Waals surface area contributed by atoms with Crippen LogP contribution in [0.2, 0.25) is 0 Å². The standard InChI is InChI=1S/C21H23F2NO3/c1-11(2)10-27-21(26)18-12(3)24-16-5-4-6-17(25)20(16)19(18)13-7-8-14(22)15(23)9-13/h5,7-9,11,19-20,24H,4,6,10H2,1-3H3. The van der Waals surface area contributed by atoms with E-state index in [1.807, 2.05) is 19.9 Å². The predicted octanol–water partition coefficient (Wildman–Crippen LogP) is 3.99. The minimum atomic E-state index is -1.01. The molecule has 1 aliphatic carbocycles. The van der Waals surface area contributed by atoms with E-state index in [1.165, 1.54) is 6.07 Å². The van der Waals surface area contributed by atoms with Gasteiger partial charge in [-0.25, -0.2) is 13.6 Å². The number of carbonyl (C=O) groups excluding carboxylic acids is 2. The number of benzene rings is 1. The number of esters is 1. The van der Waals surface area contributed by atoms with Gasteiger partial charge in [-0.2, -0.15) is 0 Å². The molecule has 6 heteroatoms. The molecule has 2 unspecified atom stereocenters. The zero-order valence-electron chi connectivity index (χ0n) is 15.6. The molecule has 1 aromatic carbocycles. The lowest BCUT2D eigenvalue weighted by atomic mass is 9.71. The second kappa shape index (κ2) is 7.62. The molecule has 0 fully saturated rings. The van der Waals surface area contributed by atoms with Crippen molar-refractivity contribution in [2.24, 2.45) is 11.8 Å². The molecule has 2 aliphatic rings. The van der Waals surface area contributed by atoms with E-state index in [2.05, 4.69) is 5.32 Å². The first-order chi connectivity index (χ1) is 12.8. The first-order valence-corrected chi connectivity index (χ1v) is 9.12. The minimum Gasteiger partial charge on any atom is -0.462 e. The number of halogens is 2. The van der Waals surface area contributed by atoms with Crippen molar-refractivity contribution in [2.45, 2.75) is 39.5 Å². The van der Waals surface area contributed by atoms with Crippen molar-refractivity contribution in [2.75, 3.05) is 6.61 Å². The van der Waals surface area contributed by atoms with Crippen molar-refractivity contribution in [1.29, 1.82) is 0 Å². The first-order valence-electron chi connectivity index (χ1n) is 9.12. The molecule has 0 aromatic heterocycles. The summed E-state index contributed by atoms with van der Waals surface area (Å²) in [6, 6.07) is 3.51. The predicted molar refractivity (Wildman–Crippen MR) is 96.5 cm³/mol. The molecule has 144 valence electrons. The number of carbonyl (C=O) groups is 2. The second-order valence-corrected chi connectivity index (χ2v) is 7.45. The highest BCUT2D eigenvalue weighted by Crippen LogP contribution is 2.44. The van der Waals surface area contributed by atoms with Crippen molar-refractivity contribution < 1.29 is 23.1 Å². The summed E-state index contributed by atoms with van der Waals surface area (Å²) in [6.45, 7) is 5.81. The van der Waals surface area contributed by atoms with Crippen LogP contribution in [0.15, 0.2) is 41.2 Å². The minimum absolute atomic E-state index is 0.0311. The molecule has 2 atom stereocenters. The van der Waals surface area contributed by atoms with Gasteiger partial charge in [0.2, 0.25) is 0 Å². The Labute approximate surface area is 157 Å². The Hall–Kier alpha value is -2.50. The van der Waals surface area contributed by atoms with Gasteiger partial charge in [0.15, 0.2) is 11.6 Å². The third kappa shape index (κ3) is 3.80. The van der Waals surface area contributed by atoms with Gasteiger partial charge < -0.3 is 10.1 Å². The lowest BCUT2D eigenvalue weighted by molar-refractivity contribution is -0.140. The monoisotopic (exact) mass is 375 g/mol. The maximum Gasteiger partial charge on any atom is 0.336 e. The van der Waals surface area contributed by atoms with E-state index < -0.39 is 29.4 Å². The number of nitrogens with one attached hydrogen (secondary N) is 1. The van der Waals surface area contributed by atoms with Crippen LogP contribution in [0.25, 0.3) is 0 Å². The Morgan fingerprint density at radius 2 is 2.00 bits per heavy atom. The highest BCUT2D eigenvalue weighted by molar-refractivity contribution is 5.96. The maximum atomic E-state index is 13.9. The van der Waals surface area contributed by atoms with Crippen molar-refractivity contribution in [3.63, 3.8) is 0 Å². The van der Waals surface area contributed by atoms with Crippen LogP contribution in [-0.2, 0) is 14.3 Å². The summed E-state index contributed by atoms with van der Waals surface area (Å²) in [5, 5.41) is 3.14. The zero-order chi connectivity index (χ0) is 19.7. The summed E-state index contributed by atoms with van der Waals surface area (Å²) in [6.07, 6.45) is 2.89. The van der Waals surface area contributed by atoms with E-state index in [0.717, 1.165) is 12.1 Å². The van der Waals surface area contributed by atoms with Crippen molar-refractivity contribution in [1.82, 2.24) is 5.32 Å². The molecule has 0 bridgehead atoms. The summed E-state index contributed by atoms with van der Waals surface area (Å²) in [4.78, 5) is 25.5. The van der Waals surface area contributed by atoms with Gasteiger partial charge in [0, 0.05) is 23.7 Å². The molecular formula is C21H23F2NO3. The van der Waals surface area contributed by atoms with Crippen LogP contribution in [0.5, 0.6) is 0 Å². The largest absolute Gasteiger partial charge is 0.462 e. The summed E-state index contributed by atoms with van der Waals surface area (Å²) in [5.74, 6) is -3.73. The molecule has 3 rings (SSSR count). The van der Waals surface area contributed by atoms with Gasteiger partial charge in [0.05, 0.1) is 18.1 Å². The van der Waals surface area contributed by atoms with Crippen LogP contribution in [0.1, 0.15) is 45.1 Å². The molecule has 1 aliphatic heterocycles. The lowest BCUT2D eigenvalue weighted by Gasteiger charge is -2.38. The van der Waals surface area contributed by atoms with E-state index >= 15 is 0 Å². The highest BCUT2D eigenvalue weighted by atomic mass is 19.2. The summed E-state index contributed by atoms with van der Waals surface area (Å²) < 4.78 is 32.8. The molecular weight excluding hydrogens is 352 g/mol. The number of hydrogen-bond donors (Lipinski definition) is 1. The lowest BCUT2D eigenvalue weighted by Crippen LogP contribution is -2.41. The molecule has 27 heavy (non-hydrogen) atoms. The van der Waals surface area contributed by atoms with Gasteiger partial charge in [-0.1, -0.05) is 26.0 Å². The summed E-state index contributed by atoms with van der Waals surface area (Å²) >= 11 is 0. The molecule has 0 saturated carbocycles. The van der Waals surface area contributed by atoms with Gasteiger partial charge in [-0.05, 0) is 37.0 Å². The average Bonchev–Trinajstić information content (AvgIpc) is 2.61. The number of Topliss-reactive ketones (excluding diaryl/α,β-unsaturated/α-hetero) is 1. The Morgan fingerprint density at radius 1 is 1.26 bits per heavy atom. The zero-order valence-corrected chi connectivity index (χ0v) is 15.6. The molecule has 0 saturated heterocycles. The van der Waals surface area contributed by atoms with Crippen molar-refractivity contribution >= 4 is 11.8 Å². The average molecular weight is 375 g/mol. The Morgan fingerprint density at radius 3 is 2.67 bits per heavy atom. The number of hydrogen-bond acceptors (Lipinski definition) is 4. The van der Waals surface area contributed by atoms with Crippen LogP contribution >= 0.6 is 0 Å². The Bertz CT molecular complexity index is 842. The number of ketones is 1. The Balaban J connectivity index is 2.10. The highest BCUT2D eigenvalue weighted by Gasteiger charge is 2.43. The SMILES string of the molecule is CC1=C(C(=O)OCC(C)C)C(c2ccc(F)c(F)c2)C2C(=O)CCC=C2N1. The summed E-state index contributed by atoms with van der Waals surface area (Å²) in [5.41, 5.74) is 1.95. The quantitative estimate of drug-likeness (QED) is 0.809. The molecule has 0 spiro atoms. The third-order valence-electron chi connectivity index (χ3n) is 4.89. The second-order valence-electron chi connectivity index (χ2n) is 7.45. The van der Waals surface area contributed by atoms with E-state index in [-0.39, 0.29) is 18.3 Å². The van der Waals surface area contributed by atoms with Crippen LogP contribution in [0.3, 0.4) is 0 Å². The number of rotatable bonds is 4. The van der Waals surface area contributed by atoms with Crippen LogP contribution in [0.4, 0.5) is 8.78 Å². The van der Waals surface area contributed by atoms with Gasteiger partial charge in [-0.3, -0.25) is 4.79 Å². The fraction of sp³-hybridized carbons (Fsp3) is 0.429. The molecule has 4 nitrogen and oxygen atoms in total. The Kier molecular flexibility index (Phi) is 5.44. The molecule has 0 radical (unpaired) electrons. The fourth-order valence-electron chi connectivity index (χ4n) is 3.67. The number of allylic oxidation sites excluding steroid dienone is 3.